The number of anilines is 1. The number of aromatic nitrogens is 1. The summed E-state index contributed by atoms with van der Waals surface area (Å²) in [6.45, 7) is 5.91. The second kappa shape index (κ2) is 13.8. The lowest BCUT2D eigenvalue weighted by Gasteiger charge is -2.23. The predicted molar refractivity (Wildman–Crippen MR) is 171 cm³/mol. The van der Waals surface area contributed by atoms with Crippen LogP contribution in [0.1, 0.15) is 41.7 Å². The molecule has 1 heterocycles. The normalized spacial score (nSPS) is 12.0. The first-order valence-corrected chi connectivity index (χ1v) is 14.7. The van der Waals surface area contributed by atoms with E-state index in [1.807, 2.05) is 92.7 Å². The van der Waals surface area contributed by atoms with Gasteiger partial charge in [-0.15, -0.1) is 0 Å². The SMILES string of the molecule is COc1ccc(Cn2cc(Br)c(C)c(NC(=O)[C@@H](N)Cc3ccc(C(C)(C)C(=O)OCc4ccccc4)cc3)c2=O)cc1. The van der Waals surface area contributed by atoms with Gasteiger partial charge < -0.3 is 25.1 Å². The number of carbonyl (C=O) groups excluding carboxylic acids is 2. The zero-order valence-corrected chi connectivity index (χ0v) is 26.3. The van der Waals surface area contributed by atoms with Crippen molar-refractivity contribution in [2.75, 3.05) is 12.4 Å². The molecule has 0 bridgehead atoms. The van der Waals surface area contributed by atoms with Crippen LogP contribution in [-0.2, 0) is 39.3 Å². The minimum atomic E-state index is -0.900. The maximum atomic E-state index is 13.3. The molecule has 1 atom stereocenters. The van der Waals surface area contributed by atoms with Crippen LogP contribution in [0.25, 0.3) is 0 Å². The van der Waals surface area contributed by atoms with E-state index in [-0.39, 0.29) is 30.2 Å². The summed E-state index contributed by atoms with van der Waals surface area (Å²) in [5.41, 5.74) is 9.30. The highest BCUT2D eigenvalue weighted by Crippen LogP contribution is 2.26. The lowest BCUT2D eigenvalue weighted by Crippen LogP contribution is -2.39. The van der Waals surface area contributed by atoms with Gasteiger partial charge in [-0.1, -0.05) is 66.7 Å². The second-order valence-electron chi connectivity index (χ2n) is 10.9. The van der Waals surface area contributed by atoms with Crippen LogP contribution in [0.4, 0.5) is 5.69 Å². The molecule has 0 saturated carbocycles. The van der Waals surface area contributed by atoms with Gasteiger partial charge in [0.05, 0.1) is 25.1 Å². The van der Waals surface area contributed by atoms with Crippen LogP contribution in [0.3, 0.4) is 0 Å². The van der Waals surface area contributed by atoms with Crippen molar-refractivity contribution in [2.45, 2.75) is 51.8 Å². The number of nitrogens with two attached hydrogens (primary N) is 1. The summed E-state index contributed by atoms with van der Waals surface area (Å²) in [6, 6.07) is 23.4. The van der Waals surface area contributed by atoms with Crippen molar-refractivity contribution < 1.29 is 19.1 Å². The molecule has 224 valence electrons. The van der Waals surface area contributed by atoms with Gasteiger partial charge in [0, 0.05) is 10.7 Å². The second-order valence-corrected chi connectivity index (χ2v) is 11.8. The number of pyridine rings is 1. The van der Waals surface area contributed by atoms with E-state index in [4.69, 9.17) is 15.2 Å². The number of amides is 1. The molecule has 3 N–H and O–H groups in total. The van der Waals surface area contributed by atoms with Gasteiger partial charge in [-0.25, -0.2) is 0 Å². The number of halogens is 1. The summed E-state index contributed by atoms with van der Waals surface area (Å²) >= 11 is 3.51. The van der Waals surface area contributed by atoms with Crippen LogP contribution in [0, 0.1) is 6.92 Å². The number of rotatable bonds is 11. The molecule has 3 aromatic carbocycles. The molecule has 0 spiro atoms. The summed E-state index contributed by atoms with van der Waals surface area (Å²) in [7, 11) is 1.60. The molecule has 0 unspecified atom stereocenters. The molecular formula is C34H36BrN3O5. The zero-order valence-electron chi connectivity index (χ0n) is 24.7. The molecule has 4 rings (SSSR count). The number of benzene rings is 3. The molecule has 9 heteroatoms. The van der Waals surface area contributed by atoms with Gasteiger partial charge in [0.15, 0.2) is 0 Å². The van der Waals surface area contributed by atoms with Crippen LogP contribution in [-0.4, -0.2) is 29.6 Å². The van der Waals surface area contributed by atoms with Gasteiger partial charge in [0.1, 0.15) is 18.0 Å². The number of hydrogen-bond donors (Lipinski definition) is 2. The monoisotopic (exact) mass is 645 g/mol. The van der Waals surface area contributed by atoms with E-state index in [9.17, 15) is 14.4 Å². The Morgan fingerprint density at radius 3 is 2.21 bits per heavy atom. The number of hydrogen-bond acceptors (Lipinski definition) is 6. The van der Waals surface area contributed by atoms with Gasteiger partial charge in [-0.2, -0.15) is 0 Å². The van der Waals surface area contributed by atoms with E-state index < -0.39 is 17.4 Å². The average Bonchev–Trinajstić information content (AvgIpc) is 3.01. The minimum Gasteiger partial charge on any atom is -0.497 e. The number of nitrogens with zero attached hydrogens (tertiary/aromatic N) is 1. The molecular weight excluding hydrogens is 610 g/mol. The Bertz CT molecular complexity index is 1630. The minimum absolute atomic E-state index is 0.175. The van der Waals surface area contributed by atoms with Gasteiger partial charge in [-0.05, 0) is 83.1 Å². The van der Waals surface area contributed by atoms with Gasteiger partial charge >= 0.3 is 5.97 Å². The summed E-state index contributed by atoms with van der Waals surface area (Å²) in [5.74, 6) is -0.0757. The van der Waals surface area contributed by atoms with Crippen LogP contribution in [0.2, 0.25) is 0 Å². The average molecular weight is 647 g/mol. The van der Waals surface area contributed by atoms with E-state index in [2.05, 4.69) is 21.2 Å². The summed E-state index contributed by atoms with van der Waals surface area (Å²) in [6.07, 6.45) is 1.95. The quantitative estimate of drug-likeness (QED) is 0.208. The fourth-order valence-electron chi connectivity index (χ4n) is 4.55. The van der Waals surface area contributed by atoms with E-state index in [0.717, 1.165) is 28.0 Å². The molecule has 0 aliphatic rings. The molecule has 0 fully saturated rings. The molecule has 0 radical (unpaired) electrons. The number of methoxy groups -OCH3 is 1. The Labute approximate surface area is 260 Å². The van der Waals surface area contributed by atoms with Gasteiger partial charge in [0.25, 0.3) is 5.56 Å². The molecule has 8 nitrogen and oxygen atoms in total. The maximum absolute atomic E-state index is 13.3. The third-order valence-electron chi connectivity index (χ3n) is 7.43. The largest absolute Gasteiger partial charge is 0.497 e. The van der Waals surface area contributed by atoms with Gasteiger partial charge in [-0.3, -0.25) is 14.4 Å². The summed E-state index contributed by atoms with van der Waals surface area (Å²) < 4.78 is 13.0. The third kappa shape index (κ3) is 7.80. The Balaban J connectivity index is 1.40. The van der Waals surface area contributed by atoms with Gasteiger partial charge in [0.2, 0.25) is 5.91 Å². The summed E-state index contributed by atoms with van der Waals surface area (Å²) in [5, 5.41) is 2.75. The third-order valence-corrected chi connectivity index (χ3v) is 8.23. The first-order chi connectivity index (χ1) is 20.5. The topological polar surface area (TPSA) is 113 Å². The molecule has 43 heavy (non-hydrogen) atoms. The van der Waals surface area contributed by atoms with E-state index in [0.29, 0.717) is 16.6 Å². The van der Waals surface area contributed by atoms with Crippen molar-refractivity contribution >= 4 is 33.5 Å². The Morgan fingerprint density at radius 1 is 0.953 bits per heavy atom. The fraction of sp³-hybridized carbons (Fsp3) is 0.265. The lowest BCUT2D eigenvalue weighted by atomic mass is 9.84. The van der Waals surface area contributed by atoms with Crippen molar-refractivity contribution in [3.05, 3.63) is 128 Å². The number of carbonyl (C=O) groups is 2. The number of esters is 1. The summed E-state index contributed by atoms with van der Waals surface area (Å²) in [4.78, 5) is 39.3. The molecule has 1 aromatic heterocycles. The molecule has 0 aliphatic heterocycles. The number of ether oxygens (including phenoxy) is 2. The standard InChI is InChI=1S/C34H36BrN3O5/c1-22-28(35)20-38(19-24-12-16-27(42-4)17-13-24)32(40)30(22)37-31(39)29(36)18-23-10-14-26(15-11-23)34(2,3)33(41)43-21-25-8-6-5-7-9-25/h5-17,20,29H,18-19,21,36H2,1-4H3,(H,37,39)/t29-/m0/s1. The Morgan fingerprint density at radius 2 is 1.58 bits per heavy atom. The van der Waals surface area contributed by atoms with Crippen molar-refractivity contribution in [1.82, 2.24) is 4.57 Å². The lowest BCUT2D eigenvalue weighted by molar-refractivity contribution is -0.150. The molecule has 4 aromatic rings. The number of nitrogens with one attached hydrogen (secondary N) is 1. The predicted octanol–water partition coefficient (Wildman–Crippen LogP) is 5.51. The van der Waals surface area contributed by atoms with Crippen LogP contribution in [0.15, 0.2) is 94.3 Å². The van der Waals surface area contributed by atoms with E-state index in [1.54, 1.807) is 20.2 Å². The van der Waals surface area contributed by atoms with Crippen molar-refractivity contribution in [1.29, 1.82) is 0 Å². The van der Waals surface area contributed by atoms with E-state index in [1.165, 1.54) is 4.57 Å². The fourth-order valence-corrected chi connectivity index (χ4v) is 4.99. The van der Waals surface area contributed by atoms with Crippen molar-refractivity contribution in [3.63, 3.8) is 0 Å². The smallest absolute Gasteiger partial charge is 0.316 e. The highest BCUT2D eigenvalue weighted by molar-refractivity contribution is 9.10. The maximum Gasteiger partial charge on any atom is 0.316 e. The Kier molecular flexibility index (Phi) is 10.2. The van der Waals surface area contributed by atoms with Crippen LogP contribution >= 0.6 is 15.9 Å². The van der Waals surface area contributed by atoms with Crippen molar-refractivity contribution in [2.24, 2.45) is 5.73 Å². The highest BCUT2D eigenvalue weighted by Gasteiger charge is 2.31. The van der Waals surface area contributed by atoms with Crippen molar-refractivity contribution in [3.8, 4) is 5.75 Å². The Hall–Kier alpha value is -4.21. The molecule has 0 aliphatic carbocycles. The highest BCUT2D eigenvalue weighted by atomic mass is 79.9. The van der Waals surface area contributed by atoms with E-state index >= 15 is 0 Å². The van der Waals surface area contributed by atoms with Crippen LogP contribution < -0.4 is 21.3 Å². The first kappa shape index (κ1) is 31.7. The van der Waals surface area contributed by atoms with Crippen LogP contribution in [0.5, 0.6) is 5.75 Å². The zero-order chi connectivity index (χ0) is 31.1. The molecule has 1 amide bonds. The molecule has 0 saturated heterocycles. The first-order valence-electron chi connectivity index (χ1n) is 13.9.